The van der Waals surface area contributed by atoms with E-state index in [9.17, 15) is 0 Å². The number of rotatable bonds is 3. The van der Waals surface area contributed by atoms with Gasteiger partial charge in [0, 0.05) is 13.7 Å². The highest BCUT2D eigenvalue weighted by molar-refractivity contribution is 5.21. The molecule has 1 aliphatic rings. The maximum absolute atomic E-state index is 5.82. The van der Waals surface area contributed by atoms with Crippen molar-refractivity contribution in [2.75, 3.05) is 13.7 Å². The molecule has 0 heterocycles. The molecule has 3 heteroatoms. The van der Waals surface area contributed by atoms with Crippen LogP contribution < -0.4 is 5.73 Å². The van der Waals surface area contributed by atoms with Crippen molar-refractivity contribution in [3.8, 4) is 0 Å². The van der Waals surface area contributed by atoms with E-state index < -0.39 is 5.79 Å². The van der Waals surface area contributed by atoms with Crippen molar-refractivity contribution >= 4 is 0 Å². The van der Waals surface area contributed by atoms with Crippen molar-refractivity contribution < 1.29 is 9.47 Å². The molecule has 12 heavy (non-hydrogen) atoms. The van der Waals surface area contributed by atoms with Crippen LogP contribution in [0.25, 0.3) is 0 Å². The largest absolute Gasteiger partial charge is 0.348 e. The Labute approximate surface area is 72.8 Å². The second-order valence-corrected chi connectivity index (χ2v) is 2.63. The molecule has 0 radical (unpaired) electrons. The van der Waals surface area contributed by atoms with E-state index in [2.05, 4.69) is 0 Å². The second kappa shape index (κ2) is 3.85. The van der Waals surface area contributed by atoms with Gasteiger partial charge in [0.2, 0.25) is 5.79 Å². The summed E-state index contributed by atoms with van der Waals surface area (Å²) >= 11 is 0. The Balaban J connectivity index is 2.77. The summed E-state index contributed by atoms with van der Waals surface area (Å²) in [6, 6.07) is -0.229. The minimum Gasteiger partial charge on any atom is -0.348 e. The molecular formula is C9H15NO2. The quantitative estimate of drug-likeness (QED) is 0.636. The minimum absolute atomic E-state index is 0.229. The summed E-state index contributed by atoms with van der Waals surface area (Å²) in [5, 5.41) is 0. The average Bonchev–Trinajstić information content (AvgIpc) is 2.10. The molecule has 0 fully saturated rings. The highest BCUT2D eigenvalue weighted by Gasteiger charge is 2.34. The third-order valence-electron chi connectivity index (χ3n) is 1.91. The van der Waals surface area contributed by atoms with Crippen LogP contribution in [0.4, 0.5) is 0 Å². The molecule has 0 aliphatic heterocycles. The van der Waals surface area contributed by atoms with Crippen LogP contribution >= 0.6 is 0 Å². The summed E-state index contributed by atoms with van der Waals surface area (Å²) in [5.41, 5.74) is 5.82. The van der Waals surface area contributed by atoms with Crippen molar-refractivity contribution in [1.29, 1.82) is 0 Å². The predicted molar refractivity (Wildman–Crippen MR) is 47.6 cm³/mol. The first-order valence-corrected chi connectivity index (χ1v) is 4.06. The Morgan fingerprint density at radius 2 is 2.25 bits per heavy atom. The molecule has 2 unspecified atom stereocenters. The summed E-state index contributed by atoms with van der Waals surface area (Å²) in [7, 11) is 1.60. The highest BCUT2D eigenvalue weighted by atomic mass is 16.7. The molecule has 0 bridgehead atoms. The number of hydrogen-bond acceptors (Lipinski definition) is 3. The van der Waals surface area contributed by atoms with Gasteiger partial charge in [0.05, 0.1) is 6.04 Å². The van der Waals surface area contributed by atoms with E-state index in [0.717, 1.165) is 0 Å². The monoisotopic (exact) mass is 169 g/mol. The molecule has 0 aromatic heterocycles. The predicted octanol–water partition coefficient (Wildman–Crippen LogP) is 0.819. The summed E-state index contributed by atoms with van der Waals surface area (Å²) in [6.45, 7) is 2.50. The summed E-state index contributed by atoms with van der Waals surface area (Å²) in [4.78, 5) is 0. The highest BCUT2D eigenvalue weighted by Crippen LogP contribution is 2.21. The first kappa shape index (κ1) is 9.45. The van der Waals surface area contributed by atoms with Gasteiger partial charge in [-0.1, -0.05) is 18.2 Å². The molecule has 2 atom stereocenters. The maximum Gasteiger partial charge on any atom is 0.207 e. The summed E-state index contributed by atoms with van der Waals surface area (Å²) < 4.78 is 10.7. The zero-order chi connectivity index (χ0) is 9.03. The van der Waals surface area contributed by atoms with Gasteiger partial charge in [0.25, 0.3) is 0 Å². The lowest BCUT2D eigenvalue weighted by Crippen LogP contribution is -2.50. The molecule has 0 aromatic rings. The van der Waals surface area contributed by atoms with Crippen LogP contribution in [0.5, 0.6) is 0 Å². The molecule has 1 aliphatic carbocycles. The Hall–Kier alpha value is -0.640. The maximum atomic E-state index is 5.82. The van der Waals surface area contributed by atoms with Gasteiger partial charge in [-0.2, -0.15) is 0 Å². The van der Waals surface area contributed by atoms with E-state index in [4.69, 9.17) is 15.2 Å². The summed E-state index contributed by atoms with van der Waals surface area (Å²) in [6.07, 6.45) is 7.46. The minimum atomic E-state index is -0.760. The smallest absolute Gasteiger partial charge is 0.207 e. The van der Waals surface area contributed by atoms with E-state index in [0.29, 0.717) is 6.61 Å². The van der Waals surface area contributed by atoms with E-state index >= 15 is 0 Å². The van der Waals surface area contributed by atoms with E-state index in [1.807, 2.05) is 31.2 Å². The van der Waals surface area contributed by atoms with Crippen molar-refractivity contribution in [2.45, 2.75) is 18.8 Å². The molecule has 0 spiro atoms. The summed E-state index contributed by atoms with van der Waals surface area (Å²) in [5.74, 6) is -0.760. The van der Waals surface area contributed by atoms with E-state index in [1.54, 1.807) is 7.11 Å². The average molecular weight is 169 g/mol. The molecule has 2 N–H and O–H groups in total. The third-order valence-corrected chi connectivity index (χ3v) is 1.91. The van der Waals surface area contributed by atoms with Crippen LogP contribution in [0.15, 0.2) is 24.3 Å². The van der Waals surface area contributed by atoms with Gasteiger partial charge in [0.1, 0.15) is 0 Å². The van der Waals surface area contributed by atoms with E-state index in [1.165, 1.54) is 0 Å². The Morgan fingerprint density at radius 1 is 1.50 bits per heavy atom. The van der Waals surface area contributed by atoms with Gasteiger partial charge >= 0.3 is 0 Å². The van der Waals surface area contributed by atoms with Gasteiger partial charge in [-0.15, -0.1) is 0 Å². The van der Waals surface area contributed by atoms with Crippen molar-refractivity contribution in [3.05, 3.63) is 24.3 Å². The van der Waals surface area contributed by atoms with Gasteiger partial charge in [-0.05, 0) is 13.0 Å². The first-order valence-electron chi connectivity index (χ1n) is 4.06. The van der Waals surface area contributed by atoms with Crippen molar-refractivity contribution in [3.63, 3.8) is 0 Å². The Kier molecular flexibility index (Phi) is 3.03. The van der Waals surface area contributed by atoms with Gasteiger partial charge in [-0.25, -0.2) is 0 Å². The molecule has 0 amide bonds. The fraction of sp³-hybridized carbons (Fsp3) is 0.556. The van der Waals surface area contributed by atoms with E-state index in [-0.39, 0.29) is 6.04 Å². The molecule has 68 valence electrons. The fourth-order valence-corrected chi connectivity index (χ4v) is 1.25. The molecule has 0 aromatic carbocycles. The van der Waals surface area contributed by atoms with Gasteiger partial charge in [-0.3, -0.25) is 0 Å². The third kappa shape index (κ3) is 1.58. The van der Waals surface area contributed by atoms with Gasteiger partial charge < -0.3 is 15.2 Å². The van der Waals surface area contributed by atoms with Crippen LogP contribution in [0, 0.1) is 0 Å². The van der Waals surface area contributed by atoms with Crippen molar-refractivity contribution in [1.82, 2.24) is 0 Å². The normalized spacial score (nSPS) is 34.1. The van der Waals surface area contributed by atoms with Crippen LogP contribution in [-0.4, -0.2) is 25.5 Å². The molecule has 1 rings (SSSR count). The number of hydrogen-bond donors (Lipinski definition) is 1. The molecule has 0 saturated carbocycles. The lowest BCUT2D eigenvalue weighted by atomic mass is 10.0. The topological polar surface area (TPSA) is 44.5 Å². The van der Waals surface area contributed by atoms with Crippen molar-refractivity contribution in [2.24, 2.45) is 5.73 Å². The SMILES string of the molecule is CCOC1(OC)C=CC=CC1N. The van der Waals surface area contributed by atoms with Crippen LogP contribution in [0.3, 0.4) is 0 Å². The lowest BCUT2D eigenvalue weighted by Gasteiger charge is -2.34. The number of nitrogens with two attached hydrogens (primary N) is 1. The van der Waals surface area contributed by atoms with Crippen LogP contribution in [0.1, 0.15) is 6.92 Å². The Bertz CT molecular complexity index is 201. The second-order valence-electron chi connectivity index (χ2n) is 2.63. The molecular weight excluding hydrogens is 154 g/mol. The zero-order valence-electron chi connectivity index (χ0n) is 7.49. The zero-order valence-corrected chi connectivity index (χ0v) is 7.49. The number of allylic oxidation sites excluding steroid dienone is 2. The van der Waals surface area contributed by atoms with Crippen LogP contribution in [-0.2, 0) is 9.47 Å². The molecule has 3 nitrogen and oxygen atoms in total. The standard InChI is InChI=1S/C9H15NO2/c1-3-12-9(11-2)7-5-4-6-8(9)10/h4-8H,3,10H2,1-2H3. The Morgan fingerprint density at radius 3 is 2.75 bits per heavy atom. The van der Waals surface area contributed by atoms with Crippen LogP contribution in [0.2, 0.25) is 0 Å². The number of ether oxygens (including phenoxy) is 2. The number of methoxy groups -OCH3 is 1. The van der Waals surface area contributed by atoms with Gasteiger partial charge in [0.15, 0.2) is 0 Å². The first-order chi connectivity index (χ1) is 5.75. The molecule has 0 saturated heterocycles. The lowest BCUT2D eigenvalue weighted by molar-refractivity contribution is -0.191. The fourth-order valence-electron chi connectivity index (χ4n) is 1.25.